The number of phenolic OH excluding ortho intramolecular Hbond substituents is 1. The number of nitrogens with zero attached hydrogens (tertiary/aromatic N) is 1. The van der Waals surface area contributed by atoms with Crippen LogP contribution < -0.4 is 10.2 Å². The van der Waals surface area contributed by atoms with Gasteiger partial charge < -0.3 is 5.11 Å². The van der Waals surface area contributed by atoms with E-state index in [1.807, 2.05) is 12.1 Å². The minimum Gasteiger partial charge on any atom is -0.508 e. The largest absolute Gasteiger partial charge is 0.508 e. The molecule has 2 N–H and O–H groups in total. The molecule has 2 aliphatic carbocycles. The van der Waals surface area contributed by atoms with Crippen molar-refractivity contribution in [2.75, 3.05) is 4.90 Å². The second kappa shape index (κ2) is 8.38. The Morgan fingerprint density at radius 2 is 1.62 bits per heavy atom. The molecule has 0 aromatic heterocycles. The standard InChI is InChI=1S/C30H21Cl2FN2O5/c31-29-13-20-18(10-11-19-22(20)26(38)34-25(19)37)24(23-17-4-2-1-3-14(17)5-12-21(23)36)30(29,32)28(40)35(27(29)39)16-8-6-15(33)7-9-16/h1-10,12,19-20,22,24,36H,11,13H2,(H,34,37,38). The summed E-state index contributed by atoms with van der Waals surface area (Å²) in [7, 11) is 0. The number of carbonyl (C=O) groups excluding carboxylic acids is 4. The number of fused-ring (bicyclic) bond motifs is 5. The van der Waals surface area contributed by atoms with Crippen LogP contribution in [0.1, 0.15) is 24.3 Å². The fourth-order valence-corrected chi connectivity index (χ4v) is 8.13. The van der Waals surface area contributed by atoms with E-state index >= 15 is 0 Å². The molecular weight excluding hydrogens is 558 g/mol. The van der Waals surface area contributed by atoms with Crippen molar-refractivity contribution in [2.45, 2.75) is 28.5 Å². The third kappa shape index (κ3) is 3.06. The van der Waals surface area contributed by atoms with Crippen molar-refractivity contribution in [3.8, 4) is 5.75 Å². The summed E-state index contributed by atoms with van der Waals surface area (Å²) in [4.78, 5) is 50.9. The van der Waals surface area contributed by atoms with E-state index in [1.165, 1.54) is 18.2 Å². The molecule has 2 aliphatic heterocycles. The van der Waals surface area contributed by atoms with Gasteiger partial charge >= 0.3 is 0 Å². The van der Waals surface area contributed by atoms with Crippen molar-refractivity contribution < 1.29 is 28.7 Å². The van der Waals surface area contributed by atoms with E-state index in [0.29, 0.717) is 16.5 Å². The third-order valence-corrected chi connectivity index (χ3v) is 10.4. The number of allylic oxidation sites excluding steroid dienone is 2. The number of halogens is 3. The molecule has 0 bridgehead atoms. The van der Waals surface area contributed by atoms with Crippen molar-refractivity contribution in [2.24, 2.45) is 17.8 Å². The average Bonchev–Trinajstić information content (AvgIpc) is 3.31. The van der Waals surface area contributed by atoms with E-state index in [-0.39, 0.29) is 24.3 Å². The van der Waals surface area contributed by atoms with Crippen LogP contribution in [0.15, 0.2) is 72.3 Å². The van der Waals surface area contributed by atoms with Crippen LogP contribution in [0.4, 0.5) is 10.1 Å². The second-order valence-corrected chi connectivity index (χ2v) is 12.1. The number of aromatic hydroxyl groups is 1. The summed E-state index contributed by atoms with van der Waals surface area (Å²) in [6, 6.07) is 15.3. The van der Waals surface area contributed by atoms with Gasteiger partial charge in [-0.05, 0) is 59.9 Å². The van der Waals surface area contributed by atoms with Crippen LogP contribution in [0, 0.1) is 23.6 Å². The highest BCUT2D eigenvalue weighted by Crippen LogP contribution is 2.66. The molecule has 4 amide bonds. The first-order chi connectivity index (χ1) is 19.1. The van der Waals surface area contributed by atoms with Crippen molar-refractivity contribution in [3.05, 3.63) is 83.7 Å². The van der Waals surface area contributed by atoms with E-state index < -0.39 is 62.9 Å². The monoisotopic (exact) mass is 578 g/mol. The molecule has 6 atom stereocenters. The zero-order valence-electron chi connectivity index (χ0n) is 20.7. The Bertz CT molecular complexity index is 1710. The molecule has 0 spiro atoms. The Labute approximate surface area is 237 Å². The van der Waals surface area contributed by atoms with Crippen LogP contribution in [0.3, 0.4) is 0 Å². The zero-order valence-corrected chi connectivity index (χ0v) is 22.2. The molecule has 1 saturated carbocycles. The predicted octanol–water partition coefficient (Wildman–Crippen LogP) is 4.54. The fraction of sp³-hybridized carbons (Fsp3) is 0.267. The molecule has 3 aromatic carbocycles. The Balaban J connectivity index is 1.52. The van der Waals surface area contributed by atoms with Gasteiger partial charge in [-0.25, -0.2) is 9.29 Å². The van der Waals surface area contributed by atoms with Crippen molar-refractivity contribution in [1.29, 1.82) is 0 Å². The summed E-state index contributed by atoms with van der Waals surface area (Å²) in [5.74, 6) is -6.49. The minimum absolute atomic E-state index is 0.0929. The van der Waals surface area contributed by atoms with Gasteiger partial charge in [0.25, 0.3) is 11.8 Å². The molecule has 4 aliphatic rings. The first-order valence-electron chi connectivity index (χ1n) is 12.9. The van der Waals surface area contributed by atoms with Gasteiger partial charge in [0.1, 0.15) is 11.6 Å². The zero-order chi connectivity index (χ0) is 28.1. The summed E-state index contributed by atoms with van der Waals surface area (Å²) in [5.41, 5.74) is 0.973. The smallest absolute Gasteiger partial charge is 0.258 e. The van der Waals surface area contributed by atoms with Crippen LogP contribution >= 0.6 is 23.2 Å². The summed E-state index contributed by atoms with van der Waals surface area (Å²) >= 11 is 14.6. The maximum atomic E-state index is 14.4. The molecule has 10 heteroatoms. The number of anilines is 1. The first kappa shape index (κ1) is 25.2. The van der Waals surface area contributed by atoms with Gasteiger partial charge in [-0.2, -0.15) is 0 Å². The lowest BCUT2D eigenvalue weighted by Crippen LogP contribution is -2.60. The number of hydrogen-bond donors (Lipinski definition) is 2. The van der Waals surface area contributed by atoms with Crippen LogP contribution in [0.25, 0.3) is 10.8 Å². The number of rotatable bonds is 2. The van der Waals surface area contributed by atoms with Gasteiger partial charge in [-0.15, -0.1) is 23.2 Å². The van der Waals surface area contributed by atoms with E-state index in [4.69, 9.17) is 23.2 Å². The number of alkyl halides is 2. The summed E-state index contributed by atoms with van der Waals surface area (Å²) in [6.07, 6.45) is 1.84. The molecule has 7 nitrogen and oxygen atoms in total. The lowest BCUT2D eigenvalue weighted by molar-refractivity contribution is -0.127. The lowest BCUT2D eigenvalue weighted by Gasteiger charge is -2.51. The predicted molar refractivity (Wildman–Crippen MR) is 145 cm³/mol. The van der Waals surface area contributed by atoms with Crippen molar-refractivity contribution in [1.82, 2.24) is 5.32 Å². The molecule has 0 radical (unpaired) electrons. The third-order valence-electron chi connectivity index (χ3n) is 8.98. The van der Waals surface area contributed by atoms with Gasteiger partial charge in [-0.1, -0.05) is 42.0 Å². The maximum Gasteiger partial charge on any atom is 0.258 e. The van der Waals surface area contributed by atoms with E-state index in [0.717, 1.165) is 22.4 Å². The molecule has 40 heavy (non-hydrogen) atoms. The molecular formula is C30H21Cl2FN2O5. The van der Waals surface area contributed by atoms with Gasteiger partial charge in [0, 0.05) is 11.5 Å². The molecule has 6 unspecified atom stereocenters. The van der Waals surface area contributed by atoms with Gasteiger partial charge in [-0.3, -0.25) is 24.5 Å². The van der Waals surface area contributed by atoms with Gasteiger partial charge in [0.2, 0.25) is 11.8 Å². The number of benzene rings is 3. The lowest BCUT2D eigenvalue weighted by atomic mass is 9.56. The van der Waals surface area contributed by atoms with Crippen molar-refractivity contribution in [3.63, 3.8) is 0 Å². The number of amides is 4. The van der Waals surface area contributed by atoms with Gasteiger partial charge in [0.15, 0.2) is 9.75 Å². The van der Waals surface area contributed by atoms with Crippen LogP contribution in [-0.4, -0.2) is 38.5 Å². The summed E-state index contributed by atoms with van der Waals surface area (Å²) < 4.78 is 13.7. The van der Waals surface area contributed by atoms with E-state index in [2.05, 4.69) is 5.32 Å². The number of imide groups is 2. The highest BCUT2D eigenvalue weighted by molar-refractivity contribution is 6.58. The number of carbonyl (C=O) groups is 4. The fourth-order valence-electron chi connectivity index (χ4n) is 7.21. The highest BCUT2D eigenvalue weighted by Gasteiger charge is 2.76. The Morgan fingerprint density at radius 3 is 2.38 bits per heavy atom. The topological polar surface area (TPSA) is 104 Å². The van der Waals surface area contributed by atoms with E-state index in [9.17, 15) is 28.7 Å². The summed E-state index contributed by atoms with van der Waals surface area (Å²) in [6.45, 7) is 0. The minimum atomic E-state index is -2.12. The van der Waals surface area contributed by atoms with Gasteiger partial charge in [0.05, 0.1) is 17.5 Å². The molecule has 3 aromatic rings. The van der Waals surface area contributed by atoms with Crippen LogP contribution in [0.5, 0.6) is 5.75 Å². The molecule has 202 valence electrons. The quantitative estimate of drug-likeness (QED) is 0.264. The van der Waals surface area contributed by atoms with E-state index in [1.54, 1.807) is 24.3 Å². The van der Waals surface area contributed by atoms with Crippen LogP contribution in [-0.2, 0) is 19.2 Å². The number of phenols is 1. The van der Waals surface area contributed by atoms with Crippen molar-refractivity contribution >= 4 is 63.3 Å². The number of hydrogen-bond acceptors (Lipinski definition) is 5. The normalized spacial score (nSPS) is 33.0. The Kier molecular flexibility index (Phi) is 5.29. The number of nitrogens with one attached hydrogen (secondary N) is 1. The maximum absolute atomic E-state index is 14.4. The Hall–Kier alpha value is -3.75. The SMILES string of the molecule is O=C1NC(=O)C2C1CC=C1C2CC2(Cl)C(=O)N(c3ccc(F)cc3)C(=O)C2(Cl)C1c1c(O)ccc2ccccc12. The molecule has 3 fully saturated rings. The molecule has 2 saturated heterocycles. The molecule has 2 heterocycles. The van der Waals surface area contributed by atoms with Crippen LogP contribution in [0.2, 0.25) is 0 Å². The second-order valence-electron chi connectivity index (χ2n) is 10.8. The Morgan fingerprint density at radius 1 is 0.900 bits per heavy atom. The first-order valence-corrected chi connectivity index (χ1v) is 13.6. The highest BCUT2D eigenvalue weighted by atomic mass is 35.5. The average molecular weight is 579 g/mol. The summed E-state index contributed by atoms with van der Waals surface area (Å²) in [5, 5.41) is 15.1. The molecule has 7 rings (SSSR count).